The van der Waals surface area contributed by atoms with E-state index in [0.29, 0.717) is 12.6 Å². The van der Waals surface area contributed by atoms with E-state index in [1.165, 1.54) is 12.8 Å². The molecule has 0 saturated carbocycles. The van der Waals surface area contributed by atoms with Crippen molar-refractivity contribution in [3.05, 3.63) is 0 Å². The molecule has 0 aromatic rings. The molecule has 2 unspecified atom stereocenters. The van der Waals surface area contributed by atoms with Crippen LogP contribution in [0.2, 0.25) is 0 Å². The van der Waals surface area contributed by atoms with Gasteiger partial charge in [0.2, 0.25) is 0 Å². The zero-order chi connectivity index (χ0) is 11.8. The molecule has 0 aliphatic carbocycles. The highest BCUT2D eigenvalue weighted by Gasteiger charge is 2.16. The van der Waals surface area contributed by atoms with Crippen molar-refractivity contribution in [2.75, 3.05) is 26.2 Å². The van der Waals surface area contributed by atoms with Gasteiger partial charge in [0.25, 0.3) is 0 Å². The Bertz CT molecular complexity index is 218. The SMILES string of the molecule is C#CCC(CC)NCC(O)CN1CCCC1. The average Bonchev–Trinajstić information content (AvgIpc) is 2.76. The fourth-order valence-electron chi connectivity index (χ4n) is 2.13. The molecule has 1 aliphatic heterocycles. The molecule has 2 N–H and O–H groups in total. The van der Waals surface area contributed by atoms with Crippen LogP contribution in [0.1, 0.15) is 32.6 Å². The minimum absolute atomic E-state index is 0.273. The van der Waals surface area contributed by atoms with Crippen LogP contribution in [0.15, 0.2) is 0 Å². The van der Waals surface area contributed by atoms with Crippen molar-refractivity contribution < 1.29 is 5.11 Å². The second-order valence-electron chi connectivity index (χ2n) is 4.58. The van der Waals surface area contributed by atoms with Crippen LogP contribution < -0.4 is 5.32 Å². The van der Waals surface area contributed by atoms with Crippen molar-refractivity contribution in [2.45, 2.75) is 44.8 Å². The molecule has 16 heavy (non-hydrogen) atoms. The summed E-state index contributed by atoms with van der Waals surface area (Å²) in [5.41, 5.74) is 0. The standard InChI is InChI=1S/C13H24N2O/c1-3-7-12(4-2)14-10-13(16)11-15-8-5-6-9-15/h1,12-14,16H,4-11H2,2H3. The number of likely N-dealkylation sites (tertiary alicyclic amines) is 1. The van der Waals surface area contributed by atoms with Gasteiger partial charge in [0.15, 0.2) is 0 Å². The van der Waals surface area contributed by atoms with Gasteiger partial charge in [-0.3, -0.25) is 0 Å². The van der Waals surface area contributed by atoms with Crippen molar-refractivity contribution in [1.29, 1.82) is 0 Å². The highest BCUT2D eigenvalue weighted by atomic mass is 16.3. The summed E-state index contributed by atoms with van der Waals surface area (Å²) in [7, 11) is 0. The third kappa shape index (κ3) is 4.98. The van der Waals surface area contributed by atoms with E-state index in [0.717, 1.165) is 32.5 Å². The van der Waals surface area contributed by atoms with Gasteiger partial charge in [-0.1, -0.05) is 6.92 Å². The molecule has 0 amide bonds. The summed E-state index contributed by atoms with van der Waals surface area (Å²) in [6, 6.07) is 0.346. The lowest BCUT2D eigenvalue weighted by molar-refractivity contribution is 0.120. The predicted molar refractivity (Wildman–Crippen MR) is 67.2 cm³/mol. The number of nitrogens with one attached hydrogen (secondary N) is 1. The van der Waals surface area contributed by atoms with E-state index < -0.39 is 0 Å². The molecule has 92 valence electrons. The molecular formula is C13H24N2O. The smallest absolute Gasteiger partial charge is 0.0791 e. The highest BCUT2D eigenvalue weighted by Crippen LogP contribution is 2.07. The van der Waals surface area contributed by atoms with Gasteiger partial charge >= 0.3 is 0 Å². The van der Waals surface area contributed by atoms with Gasteiger partial charge in [-0.15, -0.1) is 12.3 Å². The number of aliphatic hydroxyl groups excluding tert-OH is 1. The molecule has 2 atom stereocenters. The first-order valence-corrected chi connectivity index (χ1v) is 6.33. The maximum absolute atomic E-state index is 9.87. The average molecular weight is 224 g/mol. The Balaban J connectivity index is 2.13. The zero-order valence-corrected chi connectivity index (χ0v) is 10.3. The van der Waals surface area contributed by atoms with Crippen molar-refractivity contribution in [3.63, 3.8) is 0 Å². The number of hydrogen-bond acceptors (Lipinski definition) is 3. The highest BCUT2D eigenvalue weighted by molar-refractivity contribution is 4.89. The molecule has 1 saturated heterocycles. The van der Waals surface area contributed by atoms with Crippen molar-refractivity contribution in [1.82, 2.24) is 10.2 Å². The molecule has 0 radical (unpaired) electrons. The predicted octanol–water partition coefficient (Wildman–Crippen LogP) is 0.835. The summed E-state index contributed by atoms with van der Waals surface area (Å²) in [4.78, 5) is 2.33. The minimum Gasteiger partial charge on any atom is -0.390 e. The molecule has 0 aromatic carbocycles. The largest absolute Gasteiger partial charge is 0.390 e. The van der Waals surface area contributed by atoms with Crippen molar-refractivity contribution >= 4 is 0 Å². The van der Waals surface area contributed by atoms with Gasteiger partial charge < -0.3 is 15.3 Å². The Morgan fingerprint density at radius 3 is 2.69 bits per heavy atom. The molecule has 0 spiro atoms. The molecule has 1 heterocycles. The first-order chi connectivity index (χ1) is 7.76. The van der Waals surface area contributed by atoms with Crippen LogP contribution in [0.25, 0.3) is 0 Å². The van der Waals surface area contributed by atoms with Gasteiger partial charge in [-0.25, -0.2) is 0 Å². The van der Waals surface area contributed by atoms with Gasteiger partial charge in [-0.05, 0) is 32.4 Å². The van der Waals surface area contributed by atoms with E-state index in [-0.39, 0.29) is 6.10 Å². The Morgan fingerprint density at radius 2 is 2.12 bits per heavy atom. The maximum atomic E-state index is 9.87. The second kappa shape index (κ2) is 7.67. The van der Waals surface area contributed by atoms with Crippen molar-refractivity contribution in [3.8, 4) is 12.3 Å². The third-order valence-electron chi connectivity index (χ3n) is 3.17. The molecule has 1 aliphatic rings. The summed E-state index contributed by atoms with van der Waals surface area (Å²) >= 11 is 0. The lowest BCUT2D eigenvalue weighted by atomic mass is 10.1. The van der Waals surface area contributed by atoms with Crippen molar-refractivity contribution in [2.24, 2.45) is 0 Å². The Hall–Kier alpha value is -0.560. The Labute approximate surface area is 99.2 Å². The second-order valence-corrected chi connectivity index (χ2v) is 4.58. The van der Waals surface area contributed by atoms with Gasteiger partial charge in [-0.2, -0.15) is 0 Å². The monoisotopic (exact) mass is 224 g/mol. The maximum Gasteiger partial charge on any atom is 0.0791 e. The van der Waals surface area contributed by atoms with Gasteiger partial charge in [0.05, 0.1) is 6.10 Å². The normalized spacial score (nSPS) is 20.6. The zero-order valence-electron chi connectivity index (χ0n) is 10.3. The van der Waals surface area contributed by atoms with E-state index in [9.17, 15) is 5.11 Å². The summed E-state index contributed by atoms with van der Waals surface area (Å²) in [6.07, 6.45) is 9.31. The number of β-amino-alcohol motifs (C(OH)–C–C–N with tert-alkyl or cyclic N) is 1. The lowest BCUT2D eigenvalue weighted by Crippen LogP contribution is -2.40. The number of terminal acetylenes is 1. The Morgan fingerprint density at radius 1 is 1.44 bits per heavy atom. The third-order valence-corrected chi connectivity index (χ3v) is 3.17. The summed E-state index contributed by atoms with van der Waals surface area (Å²) in [5, 5.41) is 13.2. The van der Waals surface area contributed by atoms with Crippen LogP contribution in [0.5, 0.6) is 0 Å². The summed E-state index contributed by atoms with van der Waals surface area (Å²) in [6.45, 7) is 5.83. The van der Waals surface area contributed by atoms with E-state index in [1.54, 1.807) is 0 Å². The van der Waals surface area contributed by atoms with Crippen LogP contribution in [-0.4, -0.2) is 48.3 Å². The molecule has 0 bridgehead atoms. The quantitative estimate of drug-likeness (QED) is 0.629. The van der Waals surface area contributed by atoms with Crippen LogP contribution >= 0.6 is 0 Å². The first kappa shape index (κ1) is 13.5. The lowest BCUT2D eigenvalue weighted by Gasteiger charge is -2.22. The molecule has 3 heteroatoms. The van der Waals surface area contributed by atoms with Crippen LogP contribution in [-0.2, 0) is 0 Å². The number of nitrogens with zero attached hydrogens (tertiary/aromatic N) is 1. The first-order valence-electron chi connectivity index (χ1n) is 6.33. The molecule has 1 rings (SSSR count). The fourth-order valence-corrected chi connectivity index (χ4v) is 2.13. The summed E-state index contributed by atoms with van der Waals surface area (Å²) < 4.78 is 0. The van der Waals surface area contributed by atoms with Crippen LogP contribution in [0.3, 0.4) is 0 Å². The fraction of sp³-hybridized carbons (Fsp3) is 0.846. The van der Waals surface area contributed by atoms with E-state index in [2.05, 4.69) is 23.1 Å². The Kier molecular flexibility index (Phi) is 6.47. The van der Waals surface area contributed by atoms with E-state index in [4.69, 9.17) is 6.42 Å². The number of hydrogen-bond donors (Lipinski definition) is 2. The molecule has 3 nitrogen and oxygen atoms in total. The molecular weight excluding hydrogens is 200 g/mol. The van der Waals surface area contributed by atoms with Gasteiger partial charge in [0, 0.05) is 25.6 Å². The van der Waals surface area contributed by atoms with Crippen LogP contribution in [0.4, 0.5) is 0 Å². The minimum atomic E-state index is -0.273. The van der Waals surface area contributed by atoms with E-state index in [1.807, 2.05) is 0 Å². The van der Waals surface area contributed by atoms with E-state index >= 15 is 0 Å². The summed E-state index contributed by atoms with van der Waals surface area (Å²) in [5.74, 6) is 2.66. The molecule has 1 fully saturated rings. The van der Waals surface area contributed by atoms with Gasteiger partial charge in [0.1, 0.15) is 0 Å². The number of rotatable bonds is 7. The number of aliphatic hydroxyl groups is 1. The topological polar surface area (TPSA) is 35.5 Å². The molecule has 0 aromatic heterocycles. The van der Waals surface area contributed by atoms with Crippen LogP contribution in [0, 0.1) is 12.3 Å².